The van der Waals surface area contributed by atoms with Crippen LogP contribution in [0.5, 0.6) is 5.75 Å². The summed E-state index contributed by atoms with van der Waals surface area (Å²) in [5.74, 6) is 0.185. The van der Waals surface area contributed by atoms with Gasteiger partial charge in [0.25, 0.3) is 0 Å². The summed E-state index contributed by atoms with van der Waals surface area (Å²) in [7, 11) is 1.64. The van der Waals surface area contributed by atoms with Crippen molar-refractivity contribution in [3.05, 3.63) is 35.2 Å². The quantitative estimate of drug-likeness (QED) is 0.196. The second-order valence-corrected chi connectivity index (χ2v) is 7.15. The largest absolute Gasteiger partial charge is 0.489 e. The van der Waals surface area contributed by atoms with E-state index in [-0.39, 0.29) is 24.5 Å². The number of carbonyl (C=O) groups excluding carboxylic acids is 1. The molecule has 0 aromatic carbocycles. The number of alkyl halides is 3. The summed E-state index contributed by atoms with van der Waals surface area (Å²) >= 11 is 0. The lowest BCUT2D eigenvalue weighted by Crippen LogP contribution is -2.58. The molecule has 3 aliphatic carbocycles. The van der Waals surface area contributed by atoms with Gasteiger partial charge in [-0.1, -0.05) is 5.57 Å². The standard InChI is InChI=1S/C18H22F3N3O5/c1-24(10-14-12-6-17(7-12,23-11-25)8-15(14)26)29-28-5-4-27-13-2-3-16(22-9-13)18(19,20)21/h2-3,9,11,15,26H,4-8,10H2,1H3,(H,23,25). The van der Waals surface area contributed by atoms with Crippen LogP contribution in [0.1, 0.15) is 25.0 Å². The lowest BCUT2D eigenvalue weighted by Gasteiger charge is -2.51. The van der Waals surface area contributed by atoms with Crippen molar-refractivity contribution in [3.63, 3.8) is 0 Å². The van der Waals surface area contributed by atoms with Gasteiger partial charge in [0.15, 0.2) is 0 Å². The van der Waals surface area contributed by atoms with E-state index < -0.39 is 18.0 Å². The Morgan fingerprint density at radius 2 is 2.14 bits per heavy atom. The molecule has 1 unspecified atom stereocenters. The summed E-state index contributed by atoms with van der Waals surface area (Å²) in [4.78, 5) is 24.1. The molecule has 1 aromatic rings. The average Bonchev–Trinajstić information content (AvgIpc) is 2.62. The Labute approximate surface area is 165 Å². The van der Waals surface area contributed by atoms with Crippen LogP contribution in [-0.2, 0) is 20.8 Å². The topological polar surface area (TPSA) is 93.2 Å². The molecule has 1 fully saturated rings. The van der Waals surface area contributed by atoms with Crippen LogP contribution in [0.4, 0.5) is 13.2 Å². The lowest BCUT2D eigenvalue weighted by atomic mass is 9.62. The predicted molar refractivity (Wildman–Crippen MR) is 93.2 cm³/mol. The van der Waals surface area contributed by atoms with E-state index in [1.165, 1.54) is 11.1 Å². The fourth-order valence-electron chi connectivity index (χ4n) is 3.59. The van der Waals surface area contributed by atoms with E-state index in [0.29, 0.717) is 19.4 Å². The Morgan fingerprint density at radius 3 is 2.72 bits per heavy atom. The smallest absolute Gasteiger partial charge is 0.433 e. The maximum atomic E-state index is 12.4. The van der Waals surface area contributed by atoms with Gasteiger partial charge >= 0.3 is 6.18 Å². The zero-order valence-electron chi connectivity index (χ0n) is 15.7. The summed E-state index contributed by atoms with van der Waals surface area (Å²) in [5, 5.41) is 14.5. The number of aliphatic hydroxyl groups is 1. The van der Waals surface area contributed by atoms with Gasteiger partial charge in [-0.15, -0.1) is 4.99 Å². The van der Waals surface area contributed by atoms with Crippen LogP contribution in [0.2, 0.25) is 0 Å². The van der Waals surface area contributed by atoms with Gasteiger partial charge in [0, 0.05) is 19.0 Å². The molecule has 2 bridgehead atoms. The molecule has 4 rings (SSSR count). The minimum Gasteiger partial charge on any atom is -0.489 e. The van der Waals surface area contributed by atoms with Crippen molar-refractivity contribution in [2.75, 3.05) is 26.8 Å². The molecular formula is C18H22F3N3O5. The van der Waals surface area contributed by atoms with Crippen molar-refractivity contribution >= 4 is 6.41 Å². The molecule has 1 heterocycles. The highest BCUT2D eigenvalue weighted by molar-refractivity contribution is 5.52. The van der Waals surface area contributed by atoms with Gasteiger partial charge in [-0.25, -0.2) is 9.87 Å². The molecule has 0 spiro atoms. The number of pyridine rings is 1. The normalized spacial score (nSPS) is 23.7. The highest BCUT2D eigenvalue weighted by atomic mass is 19.4. The van der Waals surface area contributed by atoms with Crippen molar-refractivity contribution in [1.29, 1.82) is 0 Å². The second kappa shape index (κ2) is 8.66. The van der Waals surface area contributed by atoms with E-state index in [2.05, 4.69) is 10.3 Å². The van der Waals surface area contributed by atoms with Gasteiger partial charge in [0.2, 0.25) is 6.41 Å². The third-order valence-corrected chi connectivity index (χ3v) is 4.94. The molecule has 0 radical (unpaired) electrons. The average molecular weight is 417 g/mol. The number of hydroxylamine groups is 2. The Hall–Kier alpha value is -2.21. The van der Waals surface area contributed by atoms with E-state index in [4.69, 9.17) is 14.6 Å². The predicted octanol–water partition coefficient (Wildman–Crippen LogP) is 1.61. The number of carbonyl (C=O) groups is 1. The minimum atomic E-state index is -4.49. The summed E-state index contributed by atoms with van der Waals surface area (Å²) in [6.45, 7) is 0.431. The summed E-state index contributed by atoms with van der Waals surface area (Å²) in [6, 6.07) is 2.02. The van der Waals surface area contributed by atoms with Gasteiger partial charge in [-0.2, -0.15) is 18.2 Å². The summed E-state index contributed by atoms with van der Waals surface area (Å²) < 4.78 is 42.6. The second-order valence-electron chi connectivity index (χ2n) is 7.15. The molecule has 2 N–H and O–H groups in total. The maximum Gasteiger partial charge on any atom is 0.433 e. The molecule has 1 amide bonds. The molecule has 1 atom stereocenters. The summed E-state index contributed by atoms with van der Waals surface area (Å²) in [5.41, 5.74) is 0.655. The number of amides is 1. The zero-order valence-corrected chi connectivity index (χ0v) is 15.7. The first kappa shape index (κ1) is 21.5. The molecule has 11 heteroatoms. The van der Waals surface area contributed by atoms with Crippen molar-refractivity contribution in [2.45, 2.75) is 37.1 Å². The van der Waals surface area contributed by atoms with E-state index in [1.54, 1.807) is 7.05 Å². The van der Waals surface area contributed by atoms with E-state index in [1.807, 2.05) is 0 Å². The Kier molecular flexibility index (Phi) is 6.42. The monoisotopic (exact) mass is 417 g/mol. The fourth-order valence-corrected chi connectivity index (χ4v) is 3.59. The van der Waals surface area contributed by atoms with Crippen LogP contribution in [0.25, 0.3) is 0 Å². The van der Waals surface area contributed by atoms with Gasteiger partial charge in [-0.3, -0.25) is 4.79 Å². The Morgan fingerprint density at radius 1 is 1.38 bits per heavy atom. The number of nitrogens with one attached hydrogen (secondary N) is 1. The Balaban J connectivity index is 1.35. The first-order chi connectivity index (χ1) is 13.7. The van der Waals surface area contributed by atoms with Crippen LogP contribution >= 0.6 is 0 Å². The van der Waals surface area contributed by atoms with Crippen LogP contribution in [0.3, 0.4) is 0 Å². The number of rotatable bonds is 10. The van der Waals surface area contributed by atoms with E-state index >= 15 is 0 Å². The molecule has 0 aliphatic heterocycles. The van der Waals surface area contributed by atoms with E-state index in [9.17, 15) is 23.1 Å². The molecule has 29 heavy (non-hydrogen) atoms. The molecule has 1 saturated carbocycles. The van der Waals surface area contributed by atoms with Crippen molar-refractivity contribution < 1.29 is 37.7 Å². The molecule has 8 nitrogen and oxygen atoms in total. The molecule has 0 saturated heterocycles. The van der Waals surface area contributed by atoms with Crippen LogP contribution in [-0.4, -0.2) is 60.0 Å². The third-order valence-electron chi connectivity index (χ3n) is 4.94. The number of hydrogen-bond donors (Lipinski definition) is 2. The number of aromatic nitrogens is 1. The van der Waals surface area contributed by atoms with Crippen molar-refractivity contribution in [1.82, 2.24) is 15.4 Å². The van der Waals surface area contributed by atoms with Gasteiger partial charge < -0.3 is 15.2 Å². The van der Waals surface area contributed by atoms with Gasteiger partial charge in [0.05, 0.1) is 18.8 Å². The van der Waals surface area contributed by atoms with Crippen LogP contribution < -0.4 is 10.1 Å². The molecule has 3 aliphatic rings. The number of hydrogen-bond acceptors (Lipinski definition) is 7. The first-order valence-electron chi connectivity index (χ1n) is 8.99. The van der Waals surface area contributed by atoms with Crippen molar-refractivity contribution in [3.8, 4) is 5.75 Å². The van der Waals surface area contributed by atoms with Crippen molar-refractivity contribution in [2.24, 2.45) is 0 Å². The number of ether oxygens (including phenoxy) is 1. The number of nitrogens with zero attached hydrogens (tertiary/aromatic N) is 2. The zero-order chi connectivity index (χ0) is 21.1. The number of halogens is 3. The number of aliphatic hydroxyl groups excluding tert-OH is 1. The van der Waals surface area contributed by atoms with Gasteiger partial charge in [0.1, 0.15) is 24.7 Å². The number of fused-ring (bicyclic) bond motifs is 2. The maximum absolute atomic E-state index is 12.4. The molecule has 160 valence electrons. The lowest BCUT2D eigenvalue weighted by molar-refractivity contribution is -0.418. The highest BCUT2D eigenvalue weighted by Gasteiger charge is 2.48. The number of likely N-dealkylation sites (N-methyl/N-ethyl adjacent to an activating group) is 1. The SMILES string of the molecule is CN(CC1=C2CC(NC=O)(C2)CC1O)OOCCOc1ccc(C(F)(F)F)nc1. The molecule has 1 aromatic heterocycles. The minimum absolute atomic E-state index is 0.0339. The van der Waals surface area contributed by atoms with Crippen LogP contribution in [0, 0.1) is 0 Å². The molecular weight excluding hydrogens is 395 g/mol. The third kappa shape index (κ3) is 5.24. The first-order valence-corrected chi connectivity index (χ1v) is 8.99. The highest BCUT2D eigenvalue weighted by Crippen LogP contribution is 2.48. The van der Waals surface area contributed by atoms with Gasteiger partial charge in [-0.05, 0) is 30.5 Å². The van der Waals surface area contributed by atoms with E-state index in [0.717, 1.165) is 36.3 Å². The fraction of sp³-hybridized carbons (Fsp3) is 0.556. The Bertz CT molecular complexity index is 746. The van der Waals surface area contributed by atoms with Crippen LogP contribution in [0.15, 0.2) is 29.5 Å². The summed E-state index contributed by atoms with van der Waals surface area (Å²) in [6.07, 6.45) is -1.57.